The van der Waals surface area contributed by atoms with E-state index in [0.29, 0.717) is 28.9 Å². The van der Waals surface area contributed by atoms with Crippen LogP contribution in [0.15, 0.2) is 64.0 Å². The average Bonchev–Trinajstić information content (AvgIpc) is 3.12. The van der Waals surface area contributed by atoms with Crippen LogP contribution in [-0.4, -0.2) is 89.7 Å². The number of carbonyl (C=O) groups is 3. The minimum atomic E-state index is -0.257. The molecule has 4 aliphatic heterocycles. The monoisotopic (exact) mass is 743 g/mol. The lowest BCUT2D eigenvalue weighted by Crippen LogP contribution is -2.48. The van der Waals surface area contributed by atoms with Gasteiger partial charge in [-0.25, -0.2) is 4.68 Å². The molecule has 1 spiro atoms. The molecule has 4 aliphatic rings. The lowest BCUT2D eigenvalue weighted by atomic mass is 9.71. The molecular formula is C38H46BrN7O4. The summed E-state index contributed by atoms with van der Waals surface area (Å²) in [6.45, 7) is 5.34. The van der Waals surface area contributed by atoms with E-state index in [-0.39, 0.29) is 40.7 Å². The van der Waals surface area contributed by atoms with Crippen LogP contribution in [0.2, 0.25) is 0 Å². The summed E-state index contributed by atoms with van der Waals surface area (Å²) in [6.07, 6.45) is 7.83. The Hall–Kier alpha value is -4.03. The summed E-state index contributed by atoms with van der Waals surface area (Å²) in [4.78, 5) is 56.5. The van der Waals surface area contributed by atoms with Gasteiger partial charge in [-0.3, -0.25) is 24.5 Å². The molecule has 50 heavy (non-hydrogen) atoms. The van der Waals surface area contributed by atoms with Crippen LogP contribution in [0.3, 0.4) is 0 Å². The van der Waals surface area contributed by atoms with E-state index in [9.17, 15) is 19.2 Å². The third-order valence-electron chi connectivity index (χ3n) is 11.5. The Balaban J connectivity index is 0.901. The van der Waals surface area contributed by atoms with Crippen molar-refractivity contribution in [1.82, 2.24) is 24.9 Å². The van der Waals surface area contributed by atoms with Crippen LogP contribution in [0.25, 0.3) is 0 Å². The minimum absolute atomic E-state index is 0.114. The number of nitrogens with one attached hydrogen (secondary N) is 2. The highest BCUT2D eigenvalue weighted by Crippen LogP contribution is 2.42. The van der Waals surface area contributed by atoms with Crippen molar-refractivity contribution in [3.05, 3.63) is 86.2 Å². The second-order valence-electron chi connectivity index (χ2n) is 14.8. The van der Waals surface area contributed by atoms with Crippen LogP contribution in [0, 0.1) is 5.41 Å². The van der Waals surface area contributed by atoms with Crippen LogP contribution in [-0.2, 0) is 16.6 Å². The summed E-state index contributed by atoms with van der Waals surface area (Å²) in [6, 6.07) is 16.6. The number of imide groups is 1. The van der Waals surface area contributed by atoms with Gasteiger partial charge in [0.1, 0.15) is 4.47 Å². The van der Waals surface area contributed by atoms with Gasteiger partial charge in [0.15, 0.2) is 0 Å². The number of likely N-dealkylation sites (tertiary alicyclic amines) is 2. The molecule has 4 fully saturated rings. The van der Waals surface area contributed by atoms with Gasteiger partial charge in [-0.1, -0.05) is 24.3 Å². The molecule has 12 heteroatoms. The largest absolute Gasteiger partial charge is 0.379 e. The lowest BCUT2D eigenvalue weighted by Gasteiger charge is -2.47. The number of benzene rings is 2. The molecule has 264 valence electrons. The number of piperidine rings is 4. The third-order valence-corrected chi connectivity index (χ3v) is 12.3. The zero-order chi connectivity index (χ0) is 35.0. The minimum Gasteiger partial charge on any atom is -0.379 e. The Morgan fingerprint density at radius 3 is 2.24 bits per heavy atom. The van der Waals surface area contributed by atoms with E-state index < -0.39 is 0 Å². The predicted octanol–water partition coefficient (Wildman–Crippen LogP) is 4.49. The number of hydrogen-bond donors (Lipinski definition) is 2. The first-order valence-electron chi connectivity index (χ1n) is 17.8. The average molecular weight is 745 g/mol. The van der Waals surface area contributed by atoms with Crippen molar-refractivity contribution in [2.75, 3.05) is 56.5 Å². The molecular weight excluding hydrogens is 698 g/mol. The van der Waals surface area contributed by atoms with E-state index in [1.165, 1.54) is 15.9 Å². The summed E-state index contributed by atoms with van der Waals surface area (Å²) in [5, 5.41) is 10.1. The van der Waals surface area contributed by atoms with E-state index in [0.717, 1.165) is 82.5 Å². The van der Waals surface area contributed by atoms with Crippen LogP contribution >= 0.6 is 15.9 Å². The predicted molar refractivity (Wildman–Crippen MR) is 196 cm³/mol. The number of carbonyl (C=O) groups excluding carboxylic acids is 3. The molecule has 3 aromatic rings. The molecule has 0 bridgehead atoms. The van der Waals surface area contributed by atoms with Crippen molar-refractivity contribution in [3.63, 3.8) is 0 Å². The number of anilines is 2. The van der Waals surface area contributed by atoms with Gasteiger partial charge in [-0.05, 0) is 108 Å². The second-order valence-corrected chi connectivity index (χ2v) is 15.6. The maximum atomic E-state index is 13.6. The maximum absolute atomic E-state index is 13.6. The fourth-order valence-electron chi connectivity index (χ4n) is 8.43. The Morgan fingerprint density at radius 1 is 0.900 bits per heavy atom. The fourth-order valence-corrected chi connectivity index (χ4v) is 8.90. The zero-order valence-corrected chi connectivity index (χ0v) is 30.5. The van der Waals surface area contributed by atoms with Gasteiger partial charge in [-0.2, -0.15) is 5.10 Å². The Bertz CT molecular complexity index is 1790. The van der Waals surface area contributed by atoms with Gasteiger partial charge in [-0.15, -0.1) is 0 Å². The third kappa shape index (κ3) is 7.23. The zero-order valence-electron chi connectivity index (χ0n) is 28.9. The molecule has 1 aromatic heterocycles. The topological polar surface area (TPSA) is 120 Å². The fraction of sp³-hybridized carbons (Fsp3) is 0.500. The number of halogens is 1. The van der Waals surface area contributed by atoms with Crippen molar-refractivity contribution in [1.29, 1.82) is 0 Å². The first-order chi connectivity index (χ1) is 24.1. The number of aromatic nitrogens is 2. The first-order valence-corrected chi connectivity index (χ1v) is 18.6. The maximum Gasteiger partial charge on any atom is 0.282 e. The molecule has 0 saturated carbocycles. The molecule has 0 aliphatic carbocycles. The Morgan fingerprint density at radius 2 is 1.56 bits per heavy atom. The van der Waals surface area contributed by atoms with Crippen LogP contribution in [0.5, 0.6) is 0 Å². The van der Waals surface area contributed by atoms with Crippen LogP contribution in [0.1, 0.15) is 78.3 Å². The highest BCUT2D eigenvalue weighted by molar-refractivity contribution is 9.10. The van der Waals surface area contributed by atoms with Gasteiger partial charge in [0.25, 0.3) is 11.5 Å². The normalized spacial score (nSPS) is 24.3. The summed E-state index contributed by atoms with van der Waals surface area (Å²) < 4.78 is 1.81. The number of hydrogen-bond acceptors (Lipinski definition) is 8. The first kappa shape index (κ1) is 34.4. The SMILES string of the molecule is CN1C[C@H](Nc2cnn(C)c(=O)c2Br)C[C@H](c2ccc(C(=O)N3CCC4(CC3)CCN(c3ccc([C@@H]5CCC(=O)NC5=O)cc3)CC4)cc2)C1. The summed E-state index contributed by atoms with van der Waals surface area (Å²) >= 11 is 3.43. The van der Waals surface area contributed by atoms with Gasteiger partial charge in [0, 0.05) is 70.0 Å². The number of rotatable bonds is 6. The van der Waals surface area contributed by atoms with Gasteiger partial charge >= 0.3 is 0 Å². The molecule has 0 unspecified atom stereocenters. The summed E-state index contributed by atoms with van der Waals surface area (Å²) in [5.41, 5.74) is 4.92. The lowest BCUT2D eigenvalue weighted by molar-refractivity contribution is -0.134. The number of nitrogens with zero attached hydrogens (tertiary/aromatic N) is 5. The summed E-state index contributed by atoms with van der Waals surface area (Å²) in [5.74, 6) is -0.223. The quantitative estimate of drug-likeness (QED) is 0.355. The van der Waals surface area contributed by atoms with E-state index in [1.807, 2.05) is 29.2 Å². The van der Waals surface area contributed by atoms with E-state index in [1.54, 1.807) is 13.2 Å². The van der Waals surface area contributed by atoms with Crippen molar-refractivity contribution in [3.8, 4) is 0 Å². The van der Waals surface area contributed by atoms with E-state index in [4.69, 9.17) is 0 Å². The van der Waals surface area contributed by atoms with Crippen molar-refractivity contribution in [2.24, 2.45) is 12.5 Å². The molecule has 11 nitrogen and oxygen atoms in total. The van der Waals surface area contributed by atoms with Crippen LogP contribution in [0.4, 0.5) is 11.4 Å². The molecule has 0 radical (unpaired) electrons. The van der Waals surface area contributed by atoms with Crippen molar-refractivity contribution >= 4 is 45.0 Å². The second kappa shape index (κ2) is 14.3. The van der Waals surface area contributed by atoms with Crippen molar-refractivity contribution < 1.29 is 14.4 Å². The number of aryl methyl sites for hydroxylation is 1. The van der Waals surface area contributed by atoms with Gasteiger partial charge < -0.3 is 20.0 Å². The highest BCUT2D eigenvalue weighted by atomic mass is 79.9. The molecule has 2 aromatic carbocycles. The highest BCUT2D eigenvalue weighted by Gasteiger charge is 2.39. The van der Waals surface area contributed by atoms with E-state index >= 15 is 0 Å². The standard InChI is InChI=1S/C38H46BrN7O4/c1-43-23-28(21-29(24-43)41-32-22-40-44(2)37(50)34(32)39)25-3-5-27(6-4-25)36(49)46-19-15-38(16-20-46)13-17-45(18-14-38)30-9-7-26(8-10-30)31-11-12-33(47)42-35(31)48/h3-10,22,28-29,31,41H,11-21,23-24H2,1-2H3,(H,42,47,48)/t28-,29+,31-/m0/s1. The molecule has 3 atom stereocenters. The van der Waals surface area contributed by atoms with Crippen LogP contribution < -0.4 is 21.1 Å². The Kier molecular flexibility index (Phi) is 9.85. The molecule has 2 N–H and O–H groups in total. The van der Waals surface area contributed by atoms with Gasteiger partial charge in [0.05, 0.1) is 17.8 Å². The summed E-state index contributed by atoms with van der Waals surface area (Å²) in [7, 11) is 3.75. The Labute approximate surface area is 301 Å². The molecule has 5 heterocycles. The smallest absolute Gasteiger partial charge is 0.282 e. The van der Waals surface area contributed by atoms with E-state index in [2.05, 4.69) is 72.8 Å². The molecule has 3 amide bonds. The van der Waals surface area contributed by atoms with Gasteiger partial charge in [0.2, 0.25) is 11.8 Å². The molecule has 7 rings (SSSR count). The number of likely N-dealkylation sites (N-methyl/N-ethyl adjacent to an activating group) is 1. The molecule has 4 saturated heterocycles. The number of amides is 3. The van der Waals surface area contributed by atoms with Crippen molar-refractivity contribution in [2.45, 2.75) is 62.8 Å².